The van der Waals surface area contributed by atoms with Crippen molar-refractivity contribution in [1.29, 1.82) is 0 Å². The van der Waals surface area contributed by atoms with E-state index >= 15 is 0 Å². The first-order valence-electron chi connectivity index (χ1n) is 6.35. The van der Waals surface area contributed by atoms with E-state index in [4.69, 9.17) is 23.2 Å². The molecule has 0 saturated carbocycles. The van der Waals surface area contributed by atoms with Gasteiger partial charge in [0.15, 0.2) is 0 Å². The van der Waals surface area contributed by atoms with Gasteiger partial charge in [0.1, 0.15) is 5.82 Å². The van der Waals surface area contributed by atoms with Crippen molar-refractivity contribution < 1.29 is 12.8 Å². The van der Waals surface area contributed by atoms with Gasteiger partial charge < -0.3 is 4.90 Å². The van der Waals surface area contributed by atoms with Gasteiger partial charge in [0.05, 0.1) is 9.92 Å². The largest absolute Gasteiger partial charge is 0.309 e. The van der Waals surface area contributed by atoms with Crippen LogP contribution in [0.5, 0.6) is 0 Å². The van der Waals surface area contributed by atoms with E-state index < -0.39 is 15.8 Å². The lowest BCUT2D eigenvalue weighted by Gasteiger charge is -2.19. The summed E-state index contributed by atoms with van der Waals surface area (Å²) in [7, 11) is 1.54. The van der Waals surface area contributed by atoms with Gasteiger partial charge in [0.25, 0.3) is 0 Å². The zero-order valence-electron chi connectivity index (χ0n) is 12.2. The maximum atomic E-state index is 13.7. The van der Waals surface area contributed by atoms with Crippen molar-refractivity contribution in [3.63, 3.8) is 0 Å². The standard InChI is InChI=1S/C13H19Cl2FN2O2S/c1-17(2)5-4-6-18(3)21(19,20)11-7-10(9-14)13(15)12(16)8-11/h7-8H,4-6,9H2,1-3H3. The SMILES string of the molecule is CN(C)CCCN(C)S(=O)(=O)c1cc(F)c(Cl)c(CCl)c1. The predicted molar refractivity (Wildman–Crippen MR) is 84.0 cm³/mol. The first-order valence-corrected chi connectivity index (χ1v) is 8.70. The second-order valence-corrected chi connectivity index (χ2v) is 7.69. The van der Waals surface area contributed by atoms with Crippen LogP contribution in [0.1, 0.15) is 12.0 Å². The lowest BCUT2D eigenvalue weighted by molar-refractivity contribution is 0.370. The summed E-state index contributed by atoms with van der Waals surface area (Å²) in [6.45, 7) is 1.11. The summed E-state index contributed by atoms with van der Waals surface area (Å²) in [6.07, 6.45) is 0.682. The molecule has 1 aromatic carbocycles. The Morgan fingerprint density at radius 3 is 2.33 bits per heavy atom. The fraction of sp³-hybridized carbons (Fsp3) is 0.538. The molecule has 120 valence electrons. The molecule has 0 aliphatic rings. The van der Waals surface area contributed by atoms with Gasteiger partial charge in [-0.2, -0.15) is 0 Å². The summed E-state index contributed by atoms with van der Waals surface area (Å²) in [5.74, 6) is -0.834. The third-order valence-corrected chi connectivity index (χ3v) is 5.55. The minimum absolute atomic E-state index is 0.0521. The van der Waals surface area contributed by atoms with Crippen molar-refractivity contribution in [3.05, 3.63) is 28.5 Å². The van der Waals surface area contributed by atoms with E-state index in [-0.39, 0.29) is 21.4 Å². The molecule has 0 spiro atoms. The van der Waals surface area contributed by atoms with Crippen LogP contribution in [0, 0.1) is 5.82 Å². The van der Waals surface area contributed by atoms with Crippen molar-refractivity contribution >= 4 is 33.2 Å². The molecule has 4 nitrogen and oxygen atoms in total. The first-order chi connectivity index (χ1) is 9.70. The summed E-state index contributed by atoms with van der Waals surface area (Å²) in [5, 5.41) is -0.140. The average Bonchev–Trinajstić information content (AvgIpc) is 2.40. The predicted octanol–water partition coefficient (Wildman–Crippen LogP) is 2.79. The van der Waals surface area contributed by atoms with E-state index in [0.717, 1.165) is 12.6 Å². The Hall–Kier alpha value is -0.400. The Bertz CT molecular complexity index is 594. The molecule has 0 aliphatic heterocycles. The van der Waals surface area contributed by atoms with Gasteiger partial charge >= 0.3 is 0 Å². The molecule has 0 N–H and O–H groups in total. The molecule has 1 rings (SSSR count). The first kappa shape index (κ1) is 18.6. The van der Waals surface area contributed by atoms with Gasteiger partial charge in [-0.1, -0.05) is 11.6 Å². The lowest BCUT2D eigenvalue weighted by Crippen LogP contribution is -2.30. The summed E-state index contributed by atoms with van der Waals surface area (Å²) >= 11 is 11.4. The van der Waals surface area contributed by atoms with Gasteiger partial charge in [-0.05, 0) is 44.8 Å². The molecular weight excluding hydrogens is 338 g/mol. The summed E-state index contributed by atoms with van der Waals surface area (Å²) in [5.41, 5.74) is 0.263. The van der Waals surface area contributed by atoms with Gasteiger partial charge in [-0.3, -0.25) is 0 Å². The highest BCUT2D eigenvalue weighted by molar-refractivity contribution is 7.89. The molecule has 0 atom stereocenters. The van der Waals surface area contributed by atoms with Crippen LogP contribution in [0.3, 0.4) is 0 Å². The molecule has 0 radical (unpaired) electrons. The van der Waals surface area contributed by atoms with Crippen LogP contribution in [0.2, 0.25) is 5.02 Å². The van der Waals surface area contributed by atoms with Crippen LogP contribution in [0.4, 0.5) is 4.39 Å². The quantitative estimate of drug-likeness (QED) is 0.705. The fourth-order valence-corrected chi connectivity index (χ4v) is 3.50. The van der Waals surface area contributed by atoms with Gasteiger partial charge in [-0.15, -0.1) is 11.6 Å². The molecule has 0 heterocycles. The van der Waals surface area contributed by atoms with Crippen molar-refractivity contribution in [2.75, 3.05) is 34.2 Å². The van der Waals surface area contributed by atoms with Crippen LogP contribution in [0.15, 0.2) is 17.0 Å². The summed E-state index contributed by atoms with van der Waals surface area (Å²) < 4.78 is 39.7. The van der Waals surface area contributed by atoms with E-state index in [9.17, 15) is 12.8 Å². The number of hydrogen-bond acceptors (Lipinski definition) is 3. The minimum Gasteiger partial charge on any atom is -0.309 e. The minimum atomic E-state index is -3.75. The molecule has 0 amide bonds. The Balaban J connectivity index is 2.99. The second kappa shape index (κ2) is 7.74. The highest BCUT2D eigenvalue weighted by Crippen LogP contribution is 2.27. The lowest BCUT2D eigenvalue weighted by atomic mass is 10.2. The van der Waals surface area contributed by atoms with Crippen molar-refractivity contribution in [2.24, 2.45) is 0 Å². The normalized spacial score (nSPS) is 12.4. The Morgan fingerprint density at radius 1 is 1.19 bits per heavy atom. The number of sulfonamides is 1. The third kappa shape index (κ3) is 4.79. The molecule has 21 heavy (non-hydrogen) atoms. The van der Waals surface area contributed by atoms with Crippen molar-refractivity contribution in [2.45, 2.75) is 17.2 Å². The summed E-state index contributed by atoms with van der Waals surface area (Å²) in [6, 6.07) is 2.24. The molecule has 0 aliphatic carbocycles. The topological polar surface area (TPSA) is 40.6 Å². The Labute approximate surface area is 135 Å². The monoisotopic (exact) mass is 356 g/mol. The van der Waals surface area contributed by atoms with Crippen LogP contribution >= 0.6 is 23.2 Å². The van der Waals surface area contributed by atoms with E-state index in [1.54, 1.807) is 0 Å². The molecule has 0 saturated heterocycles. The maximum Gasteiger partial charge on any atom is 0.242 e. The Kier molecular flexibility index (Phi) is 6.87. The van der Waals surface area contributed by atoms with E-state index in [0.29, 0.717) is 13.0 Å². The van der Waals surface area contributed by atoms with Gasteiger partial charge in [-0.25, -0.2) is 17.1 Å². The average molecular weight is 357 g/mol. The van der Waals surface area contributed by atoms with E-state index in [1.807, 2.05) is 19.0 Å². The number of alkyl halides is 1. The molecule has 0 unspecified atom stereocenters. The smallest absolute Gasteiger partial charge is 0.242 e. The van der Waals surface area contributed by atoms with Crippen LogP contribution in [0.25, 0.3) is 0 Å². The van der Waals surface area contributed by atoms with Crippen molar-refractivity contribution in [3.8, 4) is 0 Å². The number of nitrogens with zero attached hydrogens (tertiary/aromatic N) is 2. The van der Waals surface area contributed by atoms with Crippen LogP contribution < -0.4 is 0 Å². The molecular formula is C13H19Cl2FN2O2S. The zero-order chi connectivity index (χ0) is 16.2. The fourth-order valence-electron chi connectivity index (χ4n) is 1.77. The van der Waals surface area contributed by atoms with Gasteiger partial charge in [0.2, 0.25) is 10.0 Å². The van der Waals surface area contributed by atoms with Gasteiger partial charge in [0, 0.05) is 19.5 Å². The molecule has 1 aromatic rings. The van der Waals surface area contributed by atoms with Crippen LogP contribution in [-0.2, 0) is 15.9 Å². The number of benzene rings is 1. The van der Waals surface area contributed by atoms with E-state index in [1.165, 1.54) is 17.4 Å². The molecule has 8 heteroatoms. The molecule has 0 fully saturated rings. The number of hydrogen-bond donors (Lipinski definition) is 0. The summed E-state index contributed by atoms with van der Waals surface area (Å²) in [4.78, 5) is 1.83. The number of rotatable bonds is 7. The van der Waals surface area contributed by atoms with E-state index in [2.05, 4.69) is 0 Å². The molecule has 0 aromatic heterocycles. The van der Waals surface area contributed by atoms with Crippen LogP contribution in [-0.4, -0.2) is 51.9 Å². The number of halogens is 3. The highest BCUT2D eigenvalue weighted by Gasteiger charge is 2.23. The highest BCUT2D eigenvalue weighted by atomic mass is 35.5. The Morgan fingerprint density at radius 2 is 1.81 bits per heavy atom. The molecule has 0 bridgehead atoms. The third-order valence-electron chi connectivity index (χ3n) is 3.01. The maximum absolute atomic E-state index is 13.7. The zero-order valence-corrected chi connectivity index (χ0v) is 14.6. The second-order valence-electron chi connectivity index (χ2n) is 5.00. The van der Waals surface area contributed by atoms with Crippen molar-refractivity contribution in [1.82, 2.24) is 9.21 Å².